The highest BCUT2D eigenvalue weighted by molar-refractivity contribution is 7.15. The van der Waals surface area contributed by atoms with Gasteiger partial charge in [0, 0.05) is 30.2 Å². The zero-order valence-electron chi connectivity index (χ0n) is 10.9. The molecule has 17 heavy (non-hydrogen) atoms. The molecule has 1 unspecified atom stereocenters. The van der Waals surface area contributed by atoms with Gasteiger partial charge in [-0.15, -0.1) is 11.3 Å². The smallest absolute Gasteiger partial charge is 0.185 e. The van der Waals surface area contributed by atoms with Crippen molar-refractivity contribution in [1.29, 1.82) is 0 Å². The highest BCUT2D eigenvalue weighted by Gasteiger charge is 2.21. The summed E-state index contributed by atoms with van der Waals surface area (Å²) in [5, 5.41) is 4.42. The van der Waals surface area contributed by atoms with E-state index in [0.29, 0.717) is 6.04 Å². The van der Waals surface area contributed by atoms with Gasteiger partial charge in [0.2, 0.25) is 0 Å². The predicted octanol–water partition coefficient (Wildman–Crippen LogP) is 3.02. The summed E-state index contributed by atoms with van der Waals surface area (Å²) in [5.74, 6) is 0. The van der Waals surface area contributed by atoms with Crippen LogP contribution in [0.15, 0.2) is 6.20 Å². The summed E-state index contributed by atoms with van der Waals surface area (Å²) < 4.78 is 0. The maximum absolute atomic E-state index is 4.60. The number of hydrogen-bond donors (Lipinski definition) is 1. The zero-order chi connectivity index (χ0) is 12.1. The molecule has 3 nitrogen and oxygen atoms in total. The Morgan fingerprint density at radius 1 is 1.47 bits per heavy atom. The number of thiazole rings is 1. The maximum Gasteiger partial charge on any atom is 0.185 e. The van der Waals surface area contributed by atoms with E-state index < -0.39 is 0 Å². The quantitative estimate of drug-likeness (QED) is 0.894. The van der Waals surface area contributed by atoms with E-state index in [1.165, 1.54) is 48.7 Å². The number of hydrogen-bond acceptors (Lipinski definition) is 4. The van der Waals surface area contributed by atoms with Gasteiger partial charge >= 0.3 is 0 Å². The third-order valence-electron chi connectivity index (χ3n) is 3.49. The molecule has 1 aliphatic rings. The lowest BCUT2D eigenvalue weighted by atomic mass is 10.1. The van der Waals surface area contributed by atoms with Gasteiger partial charge in [-0.2, -0.15) is 0 Å². The van der Waals surface area contributed by atoms with Crippen LogP contribution in [0.3, 0.4) is 0 Å². The Kier molecular flexibility index (Phi) is 4.80. The first-order valence-corrected chi connectivity index (χ1v) is 7.52. The van der Waals surface area contributed by atoms with E-state index in [0.717, 1.165) is 6.54 Å². The molecule has 1 aromatic rings. The van der Waals surface area contributed by atoms with E-state index >= 15 is 0 Å². The second-order valence-electron chi connectivity index (χ2n) is 4.74. The van der Waals surface area contributed by atoms with E-state index in [2.05, 4.69) is 22.1 Å². The Hall–Kier alpha value is -0.610. The average molecular weight is 253 g/mol. The van der Waals surface area contributed by atoms with Gasteiger partial charge < -0.3 is 10.2 Å². The Balaban J connectivity index is 2.10. The number of nitrogens with one attached hydrogen (secondary N) is 1. The summed E-state index contributed by atoms with van der Waals surface area (Å²) in [5.41, 5.74) is 0. The molecule has 0 aliphatic carbocycles. The standard InChI is InChI=1S/C13H23N3S/c1-3-11-7-5-4-6-8-16(11)13-15-10-12(17-13)9-14-2/h10-11,14H,3-9H2,1-2H3. The Labute approximate surface area is 108 Å². The van der Waals surface area contributed by atoms with Gasteiger partial charge in [-0.05, 0) is 26.3 Å². The number of nitrogens with zero attached hydrogens (tertiary/aromatic N) is 2. The van der Waals surface area contributed by atoms with Crippen LogP contribution in [0.25, 0.3) is 0 Å². The molecule has 1 aromatic heterocycles. The molecule has 1 atom stereocenters. The Bertz CT molecular complexity index is 337. The Morgan fingerprint density at radius 3 is 3.12 bits per heavy atom. The minimum atomic E-state index is 0.700. The molecule has 1 aliphatic heterocycles. The highest BCUT2D eigenvalue weighted by Crippen LogP contribution is 2.29. The van der Waals surface area contributed by atoms with Gasteiger partial charge in [0.25, 0.3) is 0 Å². The van der Waals surface area contributed by atoms with Crippen molar-refractivity contribution in [3.63, 3.8) is 0 Å². The van der Waals surface area contributed by atoms with Crippen molar-refractivity contribution in [3.05, 3.63) is 11.1 Å². The zero-order valence-corrected chi connectivity index (χ0v) is 11.7. The lowest BCUT2D eigenvalue weighted by Gasteiger charge is -2.28. The Morgan fingerprint density at radius 2 is 2.35 bits per heavy atom. The molecular weight excluding hydrogens is 230 g/mol. The van der Waals surface area contributed by atoms with Gasteiger partial charge in [-0.25, -0.2) is 4.98 Å². The SMILES string of the molecule is CCC1CCCCCN1c1ncc(CNC)s1. The third-order valence-corrected chi connectivity index (χ3v) is 4.52. The fraction of sp³-hybridized carbons (Fsp3) is 0.769. The molecule has 0 spiro atoms. The molecule has 0 saturated carbocycles. The van der Waals surface area contributed by atoms with E-state index in [-0.39, 0.29) is 0 Å². The second-order valence-corrected chi connectivity index (χ2v) is 5.84. The fourth-order valence-electron chi connectivity index (χ4n) is 2.54. The van der Waals surface area contributed by atoms with Crippen molar-refractivity contribution >= 4 is 16.5 Å². The number of anilines is 1. The highest BCUT2D eigenvalue weighted by atomic mass is 32.1. The van der Waals surface area contributed by atoms with E-state index in [1.807, 2.05) is 24.6 Å². The molecule has 0 bridgehead atoms. The van der Waals surface area contributed by atoms with Gasteiger partial charge in [0.15, 0.2) is 5.13 Å². The summed E-state index contributed by atoms with van der Waals surface area (Å²) in [6, 6.07) is 0.700. The van der Waals surface area contributed by atoms with Crippen molar-refractivity contribution in [3.8, 4) is 0 Å². The molecule has 96 valence electrons. The van der Waals surface area contributed by atoms with Gasteiger partial charge in [-0.3, -0.25) is 0 Å². The molecule has 2 rings (SSSR count). The van der Waals surface area contributed by atoms with Crippen molar-refractivity contribution < 1.29 is 0 Å². The number of rotatable bonds is 4. The molecule has 2 heterocycles. The van der Waals surface area contributed by atoms with Gasteiger partial charge in [0.05, 0.1) is 0 Å². The minimum absolute atomic E-state index is 0.700. The van der Waals surface area contributed by atoms with Crippen LogP contribution in [-0.2, 0) is 6.54 Å². The first kappa shape index (κ1) is 12.8. The van der Waals surface area contributed by atoms with Crippen molar-refractivity contribution in [2.45, 2.75) is 51.6 Å². The first-order chi connectivity index (χ1) is 8.35. The van der Waals surface area contributed by atoms with E-state index in [4.69, 9.17) is 0 Å². The summed E-state index contributed by atoms with van der Waals surface area (Å²) in [7, 11) is 1.99. The molecular formula is C13H23N3S. The summed E-state index contributed by atoms with van der Waals surface area (Å²) in [6.45, 7) is 4.42. The van der Waals surface area contributed by atoms with Crippen molar-refractivity contribution in [1.82, 2.24) is 10.3 Å². The molecule has 0 aromatic carbocycles. The monoisotopic (exact) mass is 253 g/mol. The van der Waals surface area contributed by atoms with E-state index in [1.54, 1.807) is 0 Å². The maximum atomic E-state index is 4.60. The van der Waals surface area contributed by atoms with Crippen LogP contribution in [0, 0.1) is 0 Å². The second kappa shape index (κ2) is 6.36. The van der Waals surface area contributed by atoms with Crippen LogP contribution in [0.5, 0.6) is 0 Å². The summed E-state index contributed by atoms with van der Waals surface area (Å²) in [6.07, 6.45) is 8.66. The van der Waals surface area contributed by atoms with E-state index in [9.17, 15) is 0 Å². The summed E-state index contributed by atoms with van der Waals surface area (Å²) in [4.78, 5) is 8.48. The van der Waals surface area contributed by atoms with Gasteiger partial charge in [-0.1, -0.05) is 19.8 Å². The van der Waals surface area contributed by atoms with Crippen molar-refractivity contribution in [2.24, 2.45) is 0 Å². The lowest BCUT2D eigenvalue weighted by molar-refractivity contribution is 0.555. The fourth-order valence-corrected chi connectivity index (χ4v) is 3.56. The van der Waals surface area contributed by atoms with Crippen molar-refractivity contribution in [2.75, 3.05) is 18.5 Å². The minimum Gasteiger partial charge on any atom is -0.345 e. The molecule has 1 N–H and O–H groups in total. The first-order valence-electron chi connectivity index (χ1n) is 6.71. The van der Waals surface area contributed by atoms with Gasteiger partial charge in [0.1, 0.15) is 0 Å². The van der Waals surface area contributed by atoms with Crippen LogP contribution < -0.4 is 10.2 Å². The molecule has 0 amide bonds. The normalized spacial score (nSPS) is 21.5. The molecule has 1 saturated heterocycles. The van der Waals surface area contributed by atoms with Crippen LogP contribution in [-0.4, -0.2) is 24.6 Å². The van der Waals surface area contributed by atoms with Crippen LogP contribution in [0.4, 0.5) is 5.13 Å². The average Bonchev–Trinajstić information content (AvgIpc) is 2.66. The topological polar surface area (TPSA) is 28.2 Å². The third kappa shape index (κ3) is 3.19. The molecule has 4 heteroatoms. The lowest BCUT2D eigenvalue weighted by Crippen LogP contribution is -2.34. The van der Waals surface area contributed by atoms with Crippen LogP contribution >= 0.6 is 11.3 Å². The summed E-state index contributed by atoms with van der Waals surface area (Å²) >= 11 is 1.84. The number of aromatic nitrogens is 1. The predicted molar refractivity (Wildman–Crippen MR) is 74.8 cm³/mol. The largest absolute Gasteiger partial charge is 0.345 e. The molecule has 0 radical (unpaired) electrons. The molecule has 1 fully saturated rings. The van der Waals surface area contributed by atoms with Crippen LogP contribution in [0.1, 0.15) is 43.9 Å². The van der Waals surface area contributed by atoms with Crippen LogP contribution in [0.2, 0.25) is 0 Å².